The number of methoxy groups -OCH3 is 1. The van der Waals surface area contributed by atoms with Crippen LogP contribution in [0.5, 0.6) is 0 Å². The molecule has 0 aliphatic rings. The van der Waals surface area contributed by atoms with Gasteiger partial charge < -0.3 is 20.9 Å². The molecule has 0 fully saturated rings. The van der Waals surface area contributed by atoms with Crippen molar-refractivity contribution in [2.75, 3.05) is 19.0 Å². The number of hydrogen-bond donors (Lipinski definition) is 3. The molecule has 1 unspecified atom stereocenters. The van der Waals surface area contributed by atoms with Crippen LogP contribution in [-0.4, -0.2) is 41.7 Å². The van der Waals surface area contributed by atoms with Crippen molar-refractivity contribution in [1.82, 2.24) is 4.98 Å². The zero-order valence-corrected chi connectivity index (χ0v) is 10.6. The summed E-state index contributed by atoms with van der Waals surface area (Å²) in [5.74, 6) is -1.28. The summed E-state index contributed by atoms with van der Waals surface area (Å²) >= 11 is 0. The smallest absolute Gasteiger partial charge is 0.309 e. The van der Waals surface area contributed by atoms with Gasteiger partial charge in [0.1, 0.15) is 0 Å². The normalized spacial score (nSPS) is 11.9. The molecule has 0 aliphatic carbocycles. The fourth-order valence-electron chi connectivity index (χ4n) is 1.37. The minimum absolute atomic E-state index is 0.151. The van der Waals surface area contributed by atoms with Crippen LogP contribution in [0.4, 0.5) is 5.69 Å². The quantitative estimate of drug-likeness (QED) is 0.641. The molecule has 0 radical (unpaired) electrons. The second-order valence-electron chi connectivity index (χ2n) is 3.99. The van der Waals surface area contributed by atoms with E-state index in [1.54, 1.807) is 12.1 Å². The predicted molar refractivity (Wildman–Crippen MR) is 68.7 cm³/mol. The molecule has 0 aliphatic heterocycles. The first kappa shape index (κ1) is 15.1. The summed E-state index contributed by atoms with van der Waals surface area (Å²) in [5.41, 5.74) is 6.56. The van der Waals surface area contributed by atoms with Gasteiger partial charge in [-0.2, -0.15) is 0 Å². The van der Waals surface area contributed by atoms with Crippen molar-refractivity contribution in [3.05, 3.63) is 24.0 Å². The maximum Gasteiger partial charge on any atom is 0.309 e. The summed E-state index contributed by atoms with van der Waals surface area (Å²) in [5, 5.41) is 11.2. The zero-order chi connectivity index (χ0) is 14.3. The first-order chi connectivity index (χ1) is 9.02. The highest BCUT2D eigenvalue weighted by atomic mass is 16.5. The average Bonchev–Trinajstić information content (AvgIpc) is 2.37. The number of hydrogen-bond acceptors (Lipinski definition) is 5. The molecule has 0 saturated heterocycles. The van der Waals surface area contributed by atoms with Gasteiger partial charge in [-0.15, -0.1) is 0 Å². The van der Waals surface area contributed by atoms with Gasteiger partial charge >= 0.3 is 5.97 Å². The Labute approximate surface area is 110 Å². The molecule has 7 nitrogen and oxygen atoms in total. The standard InChI is InChI=1S/C12H17N3O4/c1-19-5-4-10(13)12(18)15-9-3-2-8(14-7-9)6-11(16)17/h2-3,7,10H,4-6,13H2,1H3,(H,15,18)(H,16,17). The number of nitrogens with one attached hydrogen (secondary N) is 1. The number of anilines is 1. The van der Waals surface area contributed by atoms with Crippen LogP contribution in [0.25, 0.3) is 0 Å². The monoisotopic (exact) mass is 267 g/mol. The van der Waals surface area contributed by atoms with Crippen LogP contribution in [0.2, 0.25) is 0 Å². The van der Waals surface area contributed by atoms with E-state index >= 15 is 0 Å². The molecule has 19 heavy (non-hydrogen) atoms. The lowest BCUT2D eigenvalue weighted by atomic mass is 10.2. The number of carboxylic acids is 1. The Bertz CT molecular complexity index is 433. The van der Waals surface area contributed by atoms with Crippen LogP contribution < -0.4 is 11.1 Å². The van der Waals surface area contributed by atoms with Crippen LogP contribution in [0, 0.1) is 0 Å². The Kier molecular flexibility index (Phi) is 5.91. The van der Waals surface area contributed by atoms with E-state index in [1.165, 1.54) is 13.3 Å². The summed E-state index contributed by atoms with van der Waals surface area (Å²) in [6, 6.07) is 2.48. The van der Waals surface area contributed by atoms with Gasteiger partial charge in [0.05, 0.1) is 30.0 Å². The highest BCUT2D eigenvalue weighted by Crippen LogP contribution is 2.07. The van der Waals surface area contributed by atoms with Gasteiger partial charge in [0.2, 0.25) is 5.91 Å². The average molecular weight is 267 g/mol. The second kappa shape index (κ2) is 7.45. The zero-order valence-electron chi connectivity index (χ0n) is 10.6. The molecule has 0 spiro atoms. The van der Waals surface area contributed by atoms with E-state index in [4.69, 9.17) is 15.6 Å². The number of pyridine rings is 1. The van der Waals surface area contributed by atoms with Gasteiger partial charge in [-0.1, -0.05) is 0 Å². The summed E-state index contributed by atoms with van der Waals surface area (Å²) < 4.78 is 4.84. The van der Waals surface area contributed by atoms with Crippen molar-refractivity contribution in [2.24, 2.45) is 5.73 Å². The van der Waals surface area contributed by atoms with E-state index in [-0.39, 0.29) is 12.3 Å². The summed E-state index contributed by atoms with van der Waals surface area (Å²) in [4.78, 5) is 26.1. The minimum Gasteiger partial charge on any atom is -0.481 e. The molecule has 4 N–H and O–H groups in total. The third kappa shape index (κ3) is 5.45. The number of nitrogens with zero attached hydrogens (tertiary/aromatic N) is 1. The fraction of sp³-hybridized carbons (Fsp3) is 0.417. The van der Waals surface area contributed by atoms with Gasteiger partial charge in [0, 0.05) is 13.7 Å². The van der Waals surface area contributed by atoms with Crippen molar-refractivity contribution in [3.8, 4) is 0 Å². The van der Waals surface area contributed by atoms with Gasteiger partial charge in [-0.25, -0.2) is 0 Å². The van der Waals surface area contributed by atoms with E-state index in [0.29, 0.717) is 24.4 Å². The van der Waals surface area contributed by atoms with Crippen LogP contribution in [-0.2, 0) is 20.7 Å². The predicted octanol–water partition coefficient (Wildman–Crippen LogP) is 0.0110. The first-order valence-corrected chi connectivity index (χ1v) is 5.75. The maximum absolute atomic E-state index is 11.7. The lowest BCUT2D eigenvalue weighted by Crippen LogP contribution is -2.36. The Hall–Kier alpha value is -1.99. The highest BCUT2D eigenvalue weighted by molar-refractivity contribution is 5.94. The van der Waals surface area contributed by atoms with Crippen LogP contribution >= 0.6 is 0 Å². The Morgan fingerprint density at radius 1 is 1.53 bits per heavy atom. The molecule has 1 heterocycles. The van der Waals surface area contributed by atoms with Crippen molar-refractivity contribution >= 4 is 17.6 Å². The lowest BCUT2D eigenvalue weighted by Gasteiger charge is -2.11. The van der Waals surface area contributed by atoms with Gasteiger partial charge in [-0.3, -0.25) is 14.6 Å². The molecule has 0 saturated carbocycles. The molecule has 104 valence electrons. The van der Waals surface area contributed by atoms with Crippen molar-refractivity contribution in [3.63, 3.8) is 0 Å². The molecule has 0 aromatic carbocycles. The van der Waals surface area contributed by atoms with Crippen LogP contribution in [0.1, 0.15) is 12.1 Å². The van der Waals surface area contributed by atoms with E-state index in [1.807, 2.05) is 0 Å². The summed E-state index contributed by atoms with van der Waals surface area (Å²) in [6.45, 7) is 0.407. The topological polar surface area (TPSA) is 115 Å². The first-order valence-electron chi connectivity index (χ1n) is 5.75. The Morgan fingerprint density at radius 3 is 2.79 bits per heavy atom. The molecule has 1 amide bonds. The number of amides is 1. The molecule has 1 aromatic rings. The summed E-state index contributed by atoms with van der Waals surface area (Å²) in [7, 11) is 1.54. The van der Waals surface area contributed by atoms with Gasteiger partial charge in [-0.05, 0) is 18.6 Å². The third-order valence-corrected chi connectivity index (χ3v) is 2.39. The minimum atomic E-state index is -0.953. The van der Waals surface area contributed by atoms with E-state index in [0.717, 1.165) is 0 Å². The SMILES string of the molecule is COCCC(N)C(=O)Nc1ccc(CC(=O)O)nc1. The highest BCUT2D eigenvalue weighted by Gasteiger charge is 2.13. The molecule has 1 atom stereocenters. The van der Waals surface area contributed by atoms with Gasteiger partial charge in [0.15, 0.2) is 0 Å². The number of nitrogens with two attached hydrogens (primary N) is 1. The molecule has 1 aromatic heterocycles. The molecule has 7 heteroatoms. The number of rotatable bonds is 7. The van der Waals surface area contributed by atoms with Gasteiger partial charge in [0.25, 0.3) is 0 Å². The number of aromatic nitrogens is 1. The van der Waals surface area contributed by atoms with Crippen molar-refractivity contribution in [1.29, 1.82) is 0 Å². The maximum atomic E-state index is 11.7. The third-order valence-electron chi connectivity index (χ3n) is 2.39. The molecule has 1 rings (SSSR count). The largest absolute Gasteiger partial charge is 0.481 e. The number of ether oxygens (including phenoxy) is 1. The van der Waals surface area contributed by atoms with Crippen molar-refractivity contribution in [2.45, 2.75) is 18.9 Å². The number of carboxylic acid groups (broad SMARTS) is 1. The molecular weight excluding hydrogens is 250 g/mol. The van der Waals surface area contributed by atoms with Crippen LogP contribution in [0.15, 0.2) is 18.3 Å². The molecule has 0 bridgehead atoms. The number of carbonyl (C=O) groups excluding carboxylic acids is 1. The molecular formula is C12H17N3O4. The second-order valence-corrected chi connectivity index (χ2v) is 3.99. The summed E-state index contributed by atoms with van der Waals surface area (Å²) in [6.07, 6.45) is 1.67. The van der Waals surface area contributed by atoms with E-state index in [2.05, 4.69) is 10.3 Å². The number of aliphatic carboxylic acids is 1. The van der Waals surface area contributed by atoms with E-state index in [9.17, 15) is 9.59 Å². The van der Waals surface area contributed by atoms with Crippen molar-refractivity contribution < 1.29 is 19.4 Å². The lowest BCUT2D eigenvalue weighted by molar-refractivity contribution is -0.136. The van der Waals surface area contributed by atoms with E-state index < -0.39 is 12.0 Å². The van der Waals surface area contributed by atoms with Crippen LogP contribution in [0.3, 0.4) is 0 Å². The number of carbonyl (C=O) groups is 2. The Morgan fingerprint density at radius 2 is 2.26 bits per heavy atom. The Balaban J connectivity index is 2.52. The fourth-order valence-corrected chi connectivity index (χ4v) is 1.37.